The summed E-state index contributed by atoms with van der Waals surface area (Å²) >= 11 is 6.97. The third-order valence-corrected chi connectivity index (χ3v) is 4.76. The number of halogens is 2. The van der Waals surface area contributed by atoms with Crippen LogP contribution in [-0.4, -0.2) is 0 Å². The Morgan fingerprint density at radius 2 is 1.79 bits per heavy atom. The molecule has 4 heteroatoms. The van der Waals surface area contributed by atoms with E-state index in [2.05, 4.69) is 44.0 Å². The van der Waals surface area contributed by atoms with Crippen molar-refractivity contribution in [3.05, 3.63) is 80.4 Å². The van der Waals surface area contributed by atoms with E-state index >= 15 is 0 Å². The summed E-state index contributed by atoms with van der Waals surface area (Å²) in [6, 6.07) is 19.8. The molecule has 0 aliphatic heterocycles. The van der Waals surface area contributed by atoms with E-state index in [-0.39, 0.29) is 0 Å². The Balaban J connectivity index is 1.95. The van der Waals surface area contributed by atoms with Gasteiger partial charge in [0.1, 0.15) is 11.5 Å². The molecule has 0 aliphatic carbocycles. The molecule has 0 bridgehead atoms. The standard InChI is InChI=1S/C20H13Br2NO/c1-13-2-8-18(19(22)10-13)20-9-7-17(24-20)11-15(12-23)14-3-5-16(21)6-4-14/h2-11H,1H3/b15-11-. The van der Waals surface area contributed by atoms with Gasteiger partial charge in [0.25, 0.3) is 0 Å². The van der Waals surface area contributed by atoms with Crippen molar-refractivity contribution in [2.24, 2.45) is 0 Å². The van der Waals surface area contributed by atoms with Gasteiger partial charge in [-0.3, -0.25) is 0 Å². The van der Waals surface area contributed by atoms with E-state index in [1.165, 1.54) is 5.56 Å². The Morgan fingerprint density at radius 1 is 1.04 bits per heavy atom. The monoisotopic (exact) mass is 441 g/mol. The number of allylic oxidation sites excluding steroid dienone is 1. The minimum atomic E-state index is 0.561. The van der Waals surface area contributed by atoms with Gasteiger partial charge in [-0.2, -0.15) is 5.26 Å². The van der Waals surface area contributed by atoms with Gasteiger partial charge in [-0.15, -0.1) is 0 Å². The predicted octanol–water partition coefficient (Wildman–Crippen LogP) is 6.84. The summed E-state index contributed by atoms with van der Waals surface area (Å²) in [5.74, 6) is 1.41. The van der Waals surface area contributed by atoms with Crippen molar-refractivity contribution in [2.45, 2.75) is 6.92 Å². The molecule has 0 atom stereocenters. The molecule has 0 amide bonds. The maximum absolute atomic E-state index is 9.43. The number of rotatable bonds is 3. The molecule has 0 unspecified atom stereocenters. The fourth-order valence-electron chi connectivity index (χ4n) is 2.35. The lowest BCUT2D eigenvalue weighted by atomic mass is 10.1. The van der Waals surface area contributed by atoms with E-state index in [4.69, 9.17) is 4.42 Å². The van der Waals surface area contributed by atoms with Gasteiger partial charge in [-0.1, -0.05) is 50.1 Å². The molecule has 0 radical (unpaired) electrons. The highest BCUT2D eigenvalue weighted by Gasteiger charge is 2.09. The molecular weight excluding hydrogens is 430 g/mol. The van der Waals surface area contributed by atoms with Crippen LogP contribution in [-0.2, 0) is 0 Å². The number of hydrogen-bond donors (Lipinski definition) is 0. The minimum absolute atomic E-state index is 0.561. The topological polar surface area (TPSA) is 36.9 Å². The van der Waals surface area contributed by atoms with Gasteiger partial charge in [0.05, 0.1) is 11.6 Å². The van der Waals surface area contributed by atoms with Crippen LogP contribution in [0.15, 0.2) is 68.0 Å². The molecule has 24 heavy (non-hydrogen) atoms. The van der Waals surface area contributed by atoms with Crippen LogP contribution in [0.2, 0.25) is 0 Å². The van der Waals surface area contributed by atoms with Crippen LogP contribution in [0.4, 0.5) is 0 Å². The van der Waals surface area contributed by atoms with Crippen molar-refractivity contribution in [1.29, 1.82) is 5.26 Å². The summed E-state index contributed by atoms with van der Waals surface area (Å²) in [6.45, 7) is 2.04. The summed E-state index contributed by atoms with van der Waals surface area (Å²) in [7, 11) is 0. The molecule has 1 aromatic heterocycles. The third kappa shape index (κ3) is 3.69. The second kappa shape index (κ2) is 7.21. The smallest absolute Gasteiger partial charge is 0.135 e. The molecule has 0 saturated heterocycles. The lowest BCUT2D eigenvalue weighted by Gasteiger charge is -2.02. The van der Waals surface area contributed by atoms with Gasteiger partial charge in [0, 0.05) is 14.5 Å². The van der Waals surface area contributed by atoms with Crippen LogP contribution in [0, 0.1) is 18.3 Å². The number of hydrogen-bond acceptors (Lipinski definition) is 2. The first-order valence-corrected chi connectivity index (χ1v) is 8.89. The lowest BCUT2D eigenvalue weighted by molar-refractivity contribution is 0.571. The second-order valence-corrected chi connectivity index (χ2v) is 7.13. The average molecular weight is 443 g/mol. The van der Waals surface area contributed by atoms with Crippen LogP contribution in [0.5, 0.6) is 0 Å². The quantitative estimate of drug-likeness (QED) is 0.416. The molecule has 2 aromatic carbocycles. The fraction of sp³-hybridized carbons (Fsp3) is 0.0500. The Morgan fingerprint density at radius 3 is 2.46 bits per heavy atom. The first kappa shape index (κ1) is 16.8. The first-order valence-electron chi connectivity index (χ1n) is 7.31. The Hall–Kier alpha value is -2.09. The van der Waals surface area contributed by atoms with Crippen molar-refractivity contribution in [1.82, 2.24) is 0 Å². The van der Waals surface area contributed by atoms with Crippen molar-refractivity contribution in [3.8, 4) is 17.4 Å². The van der Waals surface area contributed by atoms with Crippen molar-refractivity contribution >= 4 is 43.5 Å². The maximum atomic E-state index is 9.43. The number of nitriles is 1. The number of aryl methyl sites for hydroxylation is 1. The van der Waals surface area contributed by atoms with Gasteiger partial charge < -0.3 is 4.42 Å². The zero-order valence-electron chi connectivity index (χ0n) is 12.9. The molecule has 2 nitrogen and oxygen atoms in total. The predicted molar refractivity (Wildman–Crippen MR) is 104 cm³/mol. The molecule has 0 aliphatic rings. The van der Waals surface area contributed by atoms with E-state index in [1.54, 1.807) is 6.08 Å². The largest absolute Gasteiger partial charge is 0.457 e. The zero-order chi connectivity index (χ0) is 17.1. The Labute approximate surface area is 157 Å². The Bertz CT molecular complexity index is 947. The van der Waals surface area contributed by atoms with Crippen LogP contribution in [0.3, 0.4) is 0 Å². The Kier molecular flexibility index (Phi) is 5.03. The minimum Gasteiger partial charge on any atom is -0.457 e. The number of nitrogens with zero attached hydrogens (tertiary/aromatic N) is 1. The van der Waals surface area contributed by atoms with Gasteiger partial charge in [0.15, 0.2) is 0 Å². The van der Waals surface area contributed by atoms with Gasteiger partial charge in [0.2, 0.25) is 0 Å². The molecule has 3 rings (SSSR count). The second-order valence-electron chi connectivity index (χ2n) is 5.36. The molecule has 0 saturated carbocycles. The van der Waals surface area contributed by atoms with Crippen LogP contribution < -0.4 is 0 Å². The van der Waals surface area contributed by atoms with E-state index < -0.39 is 0 Å². The molecular formula is C20H13Br2NO. The van der Waals surface area contributed by atoms with E-state index in [0.29, 0.717) is 11.3 Å². The zero-order valence-corrected chi connectivity index (χ0v) is 16.1. The molecule has 0 fully saturated rings. The van der Waals surface area contributed by atoms with Crippen LogP contribution in [0.25, 0.3) is 23.0 Å². The normalized spacial score (nSPS) is 11.3. The fourth-order valence-corrected chi connectivity index (χ4v) is 3.30. The van der Waals surface area contributed by atoms with Crippen molar-refractivity contribution < 1.29 is 4.42 Å². The lowest BCUT2D eigenvalue weighted by Crippen LogP contribution is -1.81. The summed E-state index contributed by atoms with van der Waals surface area (Å²) in [6.07, 6.45) is 1.76. The summed E-state index contributed by atoms with van der Waals surface area (Å²) in [4.78, 5) is 0. The van der Waals surface area contributed by atoms with E-state index in [9.17, 15) is 5.26 Å². The van der Waals surface area contributed by atoms with Crippen LogP contribution in [0.1, 0.15) is 16.9 Å². The van der Waals surface area contributed by atoms with Crippen molar-refractivity contribution in [2.75, 3.05) is 0 Å². The number of benzene rings is 2. The van der Waals surface area contributed by atoms with E-state index in [0.717, 1.165) is 25.8 Å². The molecule has 0 N–H and O–H groups in total. The van der Waals surface area contributed by atoms with E-state index in [1.807, 2.05) is 55.5 Å². The maximum Gasteiger partial charge on any atom is 0.135 e. The summed E-state index contributed by atoms with van der Waals surface area (Å²) in [5.41, 5.74) is 3.59. The highest BCUT2D eigenvalue weighted by Crippen LogP contribution is 2.31. The molecule has 0 spiro atoms. The van der Waals surface area contributed by atoms with Gasteiger partial charge >= 0.3 is 0 Å². The molecule has 118 valence electrons. The SMILES string of the molecule is Cc1ccc(-c2ccc(/C=C(/C#N)c3ccc(Br)cc3)o2)c(Br)c1. The third-order valence-electron chi connectivity index (χ3n) is 3.58. The van der Waals surface area contributed by atoms with Gasteiger partial charge in [-0.05, 0) is 60.5 Å². The average Bonchev–Trinajstić information content (AvgIpc) is 3.02. The highest BCUT2D eigenvalue weighted by molar-refractivity contribution is 9.10. The van der Waals surface area contributed by atoms with Gasteiger partial charge in [-0.25, -0.2) is 0 Å². The van der Waals surface area contributed by atoms with Crippen molar-refractivity contribution in [3.63, 3.8) is 0 Å². The summed E-state index contributed by atoms with van der Waals surface area (Å²) < 4.78 is 7.87. The number of furan rings is 1. The summed E-state index contributed by atoms with van der Waals surface area (Å²) in [5, 5.41) is 9.43. The van der Waals surface area contributed by atoms with Crippen LogP contribution >= 0.6 is 31.9 Å². The molecule has 1 heterocycles. The highest BCUT2D eigenvalue weighted by atomic mass is 79.9. The first-order chi connectivity index (χ1) is 11.6. The molecule has 3 aromatic rings.